The number of carbonyl (C=O) groups is 1. The average Bonchev–Trinajstić information content (AvgIpc) is 2.30. The molecule has 0 aromatic heterocycles. The molecule has 0 atom stereocenters. The van der Waals surface area contributed by atoms with Crippen LogP contribution in [0.25, 0.3) is 0 Å². The Morgan fingerprint density at radius 2 is 2.06 bits per heavy atom. The van der Waals surface area contributed by atoms with Gasteiger partial charge < -0.3 is 20.9 Å². The van der Waals surface area contributed by atoms with Crippen molar-refractivity contribution in [1.82, 2.24) is 0 Å². The number of carbonyl (C=O) groups excluding carboxylic acids is 1. The molecule has 5 nitrogen and oxygen atoms in total. The lowest BCUT2D eigenvalue weighted by Gasteiger charge is -2.08. The van der Waals surface area contributed by atoms with Crippen molar-refractivity contribution < 1.29 is 14.3 Å². The molecule has 0 aliphatic heterocycles. The normalized spacial score (nSPS) is 10.2. The van der Waals surface area contributed by atoms with Crippen molar-refractivity contribution in [3.63, 3.8) is 0 Å². The van der Waals surface area contributed by atoms with E-state index in [0.717, 1.165) is 13.0 Å². The number of amides is 1. The highest BCUT2D eigenvalue weighted by molar-refractivity contribution is 5.98. The van der Waals surface area contributed by atoms with Crippen molar-refractivity contribution in [1.29, 1.82) is 0 Å². The van der Waals surface area contributed by atoms with Gasteiger partial charge in [-0.15, -0.1) is 0 Å². The monoisotopic (exact) mass is 238 g/mol. The summed E-state index contributed by atoms with van der Waals surface area (Å²) in [5.74, 6) is 0.00304. The number of anilines is 1. The number of nitrogens with two attached hydrogens (primary N) is 2. The summed E-state index contributed by atoms with van der Waals surface area (Å²) in [5.41, 5.74) is 11.4. The Balaban J connectivity index is 2.49. The zero-order valence-electron chi connectivity index (χ0n) is 9.94. The highest BCUT2D eigenvalue weighted by atomic mass is 16.5. The van der Waals surface area contributed by atoms with Gasteiger partial charge in [-0.25, -0.2) is 0 Å². The first-order chi connectivity index (χ1) is 8.15. The van der Waals surface area contributed by atoms with E-state index in [1.807, 2.05) is 6.92 Å². The van der Waals surface area contributed by atoms with E-state index in [-0.39, 0.29) is 5.56 Å². The third-order valence-electron chi connectivity index (χ3n) is 2.14. The highest BCUT2D eigenvalue weighted by Gasteiger charge is 2.07. The van der Waals surface area contributed by atoms with Crippen LogP contribution in [0, 0.1) is 0 Å². The van der Waals surface area contributed by atoms with Gasteiger partial charge in [0.2, 0.25) is 0 Å². The standard InChI is InChI=1S/C12H18N2O3/c1-2-5-16-6-7-17-9-3-4-11(13)10(8-9)12(14)15/h3-4,8H,2,5-7,13H2,1H3,(H2,14,15). The van der Waals surface area contributed by atoms with E-state index in [1.54, 1.807) is 12.1 Å². The summed E-state index contributed by atoms with van der Waals surface area (Å²) in [6, 6.07) is 4.83. The number of ether oxygens (including phenoxy) is 2. The van der Waals surface area contributed by atoms with Gasteiger partial charge in [-0.05, 0) is 24.6 Å². The van der Waals surface area contributed by atoms with Crippen molar-refractivity contribution in [2.45, 2.75) is 13.3 Å². The molecule has 94 valence electrons. The molecule has 0 aliphatic carbocycles. The summed E-state index contributed by atoms with van der Waals surface area (Å²) in [4.78, 5) is 11.1. The zero-order valence-corrected chi connectivity index (χ0v) is 9.94. The maximum Gasteiger partial charge on any atom is 0.250 e. The SMILES string of the molecule is CCCOCCOc1ccc(N)c(C(N)=O)c1. The van der Waals surface area contributed by atoms with Crippen molar-refractivity contribution in [3.8, 4) is 5.75 Å². The molecule has 1 amide bonds. The molecule has 1 aromatic carbocycles. The highest BCUT2D eigenvalue weighted by Crippen LogP contribution is 2.19. The lowest BCUT2D eigenvalue weighted by atomic mass is 10.1. The molecule has 0 radical (unpaired) electrons. The minimum Gasteiger partial charge on any atom is -0.491 e. The van der Waals surface area contributed by atoms with E-state index in [2.05, 4.69) is 0 Å². The van der Waals surface area contributed by atoms with Crippen LogP contribution in [0.1, 0.15) is 23.7 Å². The average molecular weight is 238 g/mol. The molecule has 0 unspecified atom stereocenters. The second kappa shape index (κ2) is 6.75. The van der Waals surface area contributed by atoms with E-state index >= 15 is 0 Å². The fourth-order valence-electron chi connectivity index (χ4n) is 1.30. The van der Waals surface area contributed by atoms with Crippen LogP contribution in [-0.4, -0.2) is 25.7 Å². The Kier molecular flexibility index (Phi) is 5.29. The van der Waals surface area contributed by atoms with E-state index in [0.29, 0.717) is 24.7 Å². The van der Waals surface area contributed by atoms with Gasteiger partial charge >= 0.3 is 0 Å². The fraction of sp³-hybridized carbons (Fsp3) is 0.417. The number of primary amides is 1. The van der Waals surface area contributed by atoms with Gasteiger partial charge in [-0.3, -0.25) is 4.79 Å². The summed E-state index contributed by atoms with van der Waals surface area (Å²) in [6.07, 6.45) is 0.980. The van der Waals surface area contributed by atoms with E-state index in [9.17, 15) is 4.79 Å². The summed E-state index contributed by atoms with van der Waals surface area (Å²) in [7, 11) is 0. The Morgan fingerprint density at radius 3 is 2.71 bits per heavy atom. The van der Waals surface area contributed by atoms with E-state index < -0.39 is 5.91 Å². The topological polar surface area (TPSA) is 87.6 Å². The van der Waals surface area contributed by atoms with Crippen LogP contribution in [0.5, 0.6) is 5.75 Å². The molecule has 0 fully saturated rings. The van der Waals surface area contributed by atoms with Gasteiger partial charge in [0.15, 0.2) is 0 Å². The minimum atomic E-state index is -0.560. The second-order valence-corrected chi connectivity index (χ2v) is 3.57. The molecular formula is C12H18N2O3. The molecule has 1 rings (SSSR count). The van der Waals surface area contributed by atoms with Gasteiger partial charge in [-0.2, -0.15) is 0 Å². The van der Waals surface area contributed by atoms with Crippen molar-refractivity contribution in [2.24, 2.45) is 5.73 Å². The summed E-state index contributed by atoms with van der Waals surface area (Å²) >= 11 is 0. The van der Waals surface area contributed by atoms with E-state index in [1.165, 1.54) is 6.07 Å². The molecule has 0 aliphatic rings. The Labute approximate surface area is 101 Å². The molecule has 17 heavy (non-hydrogen) atoms. The largest absolute Gasteiger partial charge is 0.491 e. The number of nitrogen functional groups attached to an aromatic ring is 1. The second-order valence-electron chi connectivity index (χ2n) is 3.57. The first-order valence-corrected chi connectivity index (χ1v) is 5.55. The van der Waals surface area contributed by atoms with Gasteiger partial charge in [-0.1, -0.05) is 6.92 Å². The van der Waals surface area contributed by atoms with Crippen LogP contribution in [-0.2, 0) is 4.74 Å². The maximum absolute atomic E-state index is 11.1. The molecule has 1 aromatic rings. The van der Waals surface area contributed by atoms with Crippen LogP contribution in [0.2, 0.25) is 0 Å². The van der Waals surface area contributed by atoms with Crippen molar-refractivity contribution in [2.75, 3.05) is 25.6 Å². The molecule has 0 heterocycles. The molecule has 0 bridgehead atoms. The number of hydrogen-bond acceptors (Lipinski definition) is 4. The smallest absolute Gasteiger partial charge is 0.250 e. The maximum atomic E-state index is 11.1. The van der Waals surface area contributed by atoms with Crippen LogP contribution < -0.4 is 16.2 Å². The van der Waals surface area contributed by atoms with Crippen LogP contribution >= 0.6 is 0 Å². The van der Waals surface area contributed by atoms with Gasteiger partial charge in [0.25, 0.3) is 5.91 Å². The molecule has 4 N–H and O–H groups in total. The van der Waals surface area contributed by atoms with Gasteiger partial charge in [0, 0.05) is 12.3 Å². The first kappa shape index (κ1) is 13.3. The van der Waals surface area contributed by atoms with Crippen molar-refractivity contribution >= 4 is 11.6 Å². The molecule has 0 saturated carbocycles. The van der Waals surface area contributed by atoms with Crippen LogP contribution in [0.15, 0.2) is 18.2 Å². The molecule has 0 saturated heterocycles. The Bertz CT molecular complexity index is 380. The quantitative estimate of drug-likeness (QED) is 0.551. The first-order valence-electron chi connectivity index (χ1n) is 5.55. The van der Waals surface area contributed by atoms with Crippen LogP contribution in [0.4, 0.5) is 5.69 Å². The summed E-state index contributed by atoms with van der Waals surface area (Å²) in [5, 5.41) is 0. The third-order valence-corrected chi connectivity index (χ3v) is 2.14. The molecule has 5 heteroatoms. The fourth-order valence-corrected chi connectivity index (χ4v) is 1.30. The molecule has 0 spiro atoms. The predicted octanol–water partition coefficient (Wildman–Crippen LogP) is 1.17. The predicted molar refractivity (Wildman–Crippen MR) is 66.0 cm³/mol. The van der Waals surface area contributed by atoms with Gasteiger partial charge in [0.05, 0.1) is 12.2 Å². The van der Waals surface area contributed by atoms with E-state index in [4.69, 9.17) is 20.9 Å². The van der Waals surface area contributed by atoms with Crippen molar-refractivity contribution in [3.05, 3.63) is 23.8 Å². The molecular weight excluding hydrogens is 220 g/mol. The Hall–Kier alpha value is -1.75. The summed E-state index contributed by atoms with van der Waals surface area (Å²) < 4.78 is 10.7. The lowest BCUT2D eigenvalue weighted by Crippen LogP contribution is -2.14. The Morgan fingerprint density at radius 1 is 1.29 bits per heavy atom. The zero-order chi connectivity index (χ0) is 12.7. The van der Waals surface area contributed by atoms with Gasteiger partial charge in [0.1, 0.15) is 12.4 Å². The minimum absolute atomic E-state index is 0.275. The number of hydrogen-bond donors (Lipinski definition) is 2. The summed E-state index contributed by atoms with van der Waals surface area (Å²) in [6.45, 7) is 3.71. The van der Waals surface area contributed by atoms with Crippen LogP contribution in [0.3, 0.4) is 0 Å². The number of benzene rings is 1. The lowest BCUT2D eigenvalue weighted by molar-refractivity contribution is 0.0991. The third kappa shape index (κ3) is 4.32. The number of rotatable bonds is 7.